The summed E-state index contributed by atoms with van der Waals surface area (Å²) >= 11 is 0. The zero-order chi connectivity index (χ0) is 12.7. The van der Waals surface area contributed by atoms with E-state index in [4.69, 9.17) is 0 Å². The number of carbonyl (C=O) groups is 2. The number of rotatable bonds is 5. The Kier molecular flexibility index (Phi) is 5.06. The summed E-state index contributed by atoms with van der Waals surface area (Å²) in [4.78, 5) is 21.9. The molecule has 1 rings (SSSR count). The first-order chi connectivity index (χ1) is 8.17. The Morgan fingerprint density at radius 3 is 1.88 bits per heavy atom. The second-order valence-corrected chi connectivity index (χ2v) is 3.25. The molecule has 0 aliphatic carbocycles. The summed E-state index contributed by atoms with van der Waals surface area (Å²) in [6.07, 6.45) is -0.928. The van der Waals surface area contributed by atoms with Gasteiger partial charge in [-0.15, -0.1) is 0 Å². The Morgan fingerprint density at radius 1 is 1.00 bits per heavy atom. The van der Waals surface area contributed by atoms with Crippen LogP contribution < -0.4 is 10.6 Å². The summed E-state index contributed by atoms with van der Waals surface area (Å²) in [7, 11) is 0. The van der Waals surface area contributed by atoms with Gasteiger partial charge in [0.25, 0.3) is 11.8 Å². The zero-order valence-electron chi connectivity index (χ0n) is 8.95. The van der Waals surface area contributed by atoms with Crippen molar-refractivity contribution in [1.29, 1.82) is 0 Å². The highest BCUT2D eigenvalue weighted by Gasteiger charge is 2.16. The average molecular weight is 242 g/mol. The molecule has 0 saturated heterocycles. The Labute approximate surface area is 97.0 Å². The SMILES string of the molecule is O=C(CF)NC(NC(=O)CF)c1ccccc1. The number of halogens is 2. The van der Waals surface area contributed by atoms with Crippen LogP contribution in [-0.2, 0) is 9.59 Å². The first-order valence-corrected chi connectivity index (χ1v) is 4.93. The van der Waals surface area contributed by atoms with Gasteiger partial charge in [-0.25, -0.2) is 8.78 Å². The summed E-state index contributed by atoms with van der Waals surface area (Å²) in [5.74, 6) is -1.75. The van der Waals surface area contributed by atoms with Crippen molar-refractivity contribution < 1.29 is 18.4 Å². The van der Waals surface area contributed by atoms with Crippen LogP contribution in [0.2, 0.25) is 0 Å². The molecule has 0 aliphatic heterocycles. The highest BCUT2D eigenvalue weighted by atomic mass is 19.1. The normalized spacial score (nSPS) is 10.1. The second kappa shape index (κ2) is 6.57. The van der Waals surface area contributed by atoms with E-state index in [1.54, 1.807) is 30.3 Å². The Morgan fingerprint density at radius 2 is 1.47 bits per heavy atom. The molecule has 0 bridgehead atoms. The lowest BCUT2D eigenvalue weighted by Gasteiger charge is -2.19. The van der Waals surface area contributed by atoms with Crippen molar-refractivity contribution in [3.8, 4) is 0 Å². The minimum Gasteiger partial charge on any atom is -0.330 e. The van der Waals surface area contributed by atoms with Crippen molar-refractivity contribution in [3.05, 3.63) is 35.9 Å². The first-order valence-electron chi connectivity index (χ1n) is 4.93. The van der Waals surface area contributed by atoms with Crippen molar-refractivity contribution in [2.75, 3.05) is 13.3 Å². The number of amides is 2. The molecule has 0 spiro atoms. The monoisotopic (exact) mass is 242 g/mol. The highest BCUT2D eigenvalue weighted by molar-refractivity contribution is 5.80. The number of hydrogen-bond acceptors (Lipinski definition) is 2. The smallest absolute Gasteiger partial charge is 0.253 e. The predicted molar refractivity (Wildman–Crippen MR) is 57.4 cm³/mol. The number of nitrogens with one attached hydrogen (secondary N) is 2. The maximum atomic E-state index is 12.1. The van der Waals surface area contributed by atoms with Gasteiger partial charge in [0.1, 0.15) is 6.17 Å². The van der Waals surface area contributed by atoms with Gasteiger partial charge in [0, 0.05) is 0 Å². The molecule has 0 radical (unpaired) electrons. The Hall–Kier alpha value is -1.98. The molecule has 92 valence electrons. The second-order valence-electron chi connectivity index (χ2n) is 3.25. The summed E-state index contributed by atoms with van der Waals surface area (Å²) in [6, 6.07) is 8.37. The Bertz CT molecular complexity index is 366. The lowest BCUT2D eigenvalue weighted by molar-refractivity contribution is -0.125. The van der Waals surface area contributed by atoms with Crippen LogP contribution in [0.5, 0.6) is 0 Å². The lowest BCUT2D eigenvalue weighted by atomic mass is 10.1. The molecule has 0 aliphatic rings. The van der Waals surface area contributed by atoms with Crippen LogP contribution in [0.25, 0.3) is 0 Å². The summed E-state index contributed by atoms with van der Waals surface area (Å²) < 4.78 is 24.2. The van der Waals surface area contributed by atoms with Gasteiger partial charge in [-0.05, 0) is 5.56 Å². The molecule has 0 fully saturated rings. The molecule has 1 aromatic rings. The van der Waals surface area contributed by atoms with E-state index >= 15 is 0 Å². The van der Waals surface area contributed by atoms with Crippen LogP contribution in [0.1, 0.15) is 11.7 Å². The molecule has 0 saturated carbocycles. The van der Waals surface area contributed by atoms with Gasteiger partial charge >= 0.3 is 0 Å². The fourth-order valence-corrected chi connectivity index (χ4v) is 1.25. The number of alkyl halides is 2. The molecule has 0 atom stereocenters. The van der Waals surface area contributed by atoms with Crippen molar-refractivity contribution >= 4 is 11.8 Å². The van der Waals surface area contributed by atoms with E-state index in [-0.39, 0.29) is 0 Å². The highest BCUT2D eigenvalue weighted by Crippen LogP contribution is 2.09. The molecule has 6 heteroatoms. The van der Waals surface area contributed by atoms with E-state index in [0.29, 0.717) is 5.56 Å². The van der Waals surface area contributed by atoms with Crippen LogP contribution in [-0.4, -0.2) is 25.2 Å². The topological polar surface area (TPSA) is 58.2 Å². The van der Waals surface area contributed by atoms with E-state index in [0.717, 1.165) is 0 Å². The average Bonchev–Trinajstić information content (AvgIpc) is 2.38. The molecular formula is C11H12F2N2O2. The first kappa shape index (κ1) is 13.1. The maximum Gasteiger partial charge on any atom is 0.253 e. The number of hydrogen-bond donors (Lipinski definition) is 2. The molecular weight excluding hydrogens is 230 g/mol. The van der Waals surface area contributed by atoms with Crippen molar-refractivity contribution in [3.63, 3.8) is 0 Å². The third-order valence-electron chi connectivity index (χ3n) is 1.99. The minimum atomic E-state index is -1.20. The van der Waals surface area contributed by atoms with Gasteiger partial charge in [-0.1, -0.05) is 30.3 Å². The van der Waals surface area contributed by atoms with Crippen molar-refractivity contribution in [2.24, 2.45) is 0 Å². The third kappa shape index (κ3) is 4.18. The molecule has 0 heterocycles. The summed E-state index contributed by atoms with van der Waals surface area (Å²) in [5.41, 5.74) is 0.538. The molecule has 1 aromatic carbocycles. The molecule has 2 amide bonds. The number of carbonyl (C=O) groups excluding carboxylic acids is 2. The van der Waals surface area contributed by atoms with Crippen LogP contribution in [0.15, 0.2) is 30.3 Å². The van der Waals surface area contributed by atoms with Gasteiger partial charge in [-0.2, -0.15) is 0 Å². The summed E-state index contributed by atoms with van der Waals surface area (Å²) in [5, 5.41) is 4.47. The lowest BCUT2D eigenvalue weighted by Crippen LogP contribution is -2.42. The van der Waals surface area contributed by atoms with Crippen LogP contribution in [0, 0.1) is 0 Å². The standard InChI is InChI=1S/C11H12F2N2O2/c12-6-9(16)14-11(15-10(17)7-13)8-4-2-1-3-5-8/h1-5,11H,6-7H2,(H,14,16)(H,15,17). The Balaban J connectivity index is 2.79. The molecule has 17 heavy (non-hydrogen) atoms. The third-order valence-corrected chi connectivity index (χ3v) is 1.99. The molecule has 0 aromatic heterocycles. The fraction of sp³-hybridized carbons (Fsp3) is 0.273. The van der Waals surface area contributed by atoms with E-state index in [2.05, 4.69) is 10.6 Å². The van der Waals surface area contributed by atoms with E-state index < -0.39 is 31.3 Å². The number of benzene rings is 1. The van der Waals surface area contributed by atoms with Gasteiger partial charge in [0.2, 0.25) is 0 Å². The molecule has 2 N–H and O–H groups in total. The zero-order valence-corrected chi connectivity index (χ0v) is 8.95. The van der Waals surface area contributed by atoms with Crippen molar-refractivity contribution in [1.82, 2.24) is 10.6 Å². The largest absolute Gasteiger partial charge is 0.330 e. The summed E-state index contributed by atoms with van der Waals surface area (Å²) in [6.45, 7) is -2.40. The maximum absolute atomic E-state index is 12.1. The molecule has 0 unspecified atom stereocenters. The van der Waals surface area contributed by atoms with Crippen molar-refractivity contribution in [2.45, 2.75) is 6.17 Å². The van der Waals surface area contributed by atoms with Crippen LogP contribution in [0.3, 0.4) is 0 Å². The fourth-order valence-electron chi connectivity index (χ4n) is 1.25. The van der Waals surface area contributed by atoms with Crippen LogP contribution >= 0.6 is 0 Å². The van der Waals surface area contributed by atoms with E-state index in [9.17, 15) is 18.4 Å². The van der Waals surface area contributed by atoms with Gasteiger partial charge < -0.3 is 10.6 Å². The quantitative estimate of drug-likeness (QED) is 0.752. The van der Waals surface area contributed by atoms with Gasteiger partial charge in [-0.3, -0.25) is 9.59 Å². The molecule has 4 nitrogen and oxygen atoms in total. The van der Waals surface area contributed by atoms with E-state index in [1.165, 1.54) is 0 Å². The minimum absolute atomic E-state index is 0.538. The van der Waals surface area contributed by atoms with Crippen LogP contribution in [0.4, 0.5) is 8.78 Å². The van der Waals surface area contributed by atoms with Gasteiger partial charge in [0.15, 0.2) is 13.3 Å². The van der Waals surface area contributed by atoms with E-state index in [1.807, 2.05) is 0 Å². The van der Waals surface area contributed by atoms with Gasteiger partial charge in [0.05, 0.1) is 0 Å². The predicted octanol–water partition coefficient (Wildman–Crippen LogP) is 0.857.